The molecule has 0 radical (unpaired) electrons. The van der Waals surface area contributed by atoms with Gasteiger partial charge in [-0.15, -0.1) is 0 Å². The average Bonchev–Trinajstić information content (AvgIpc) is 3.79. The second-order valence-electron chi connectivity index (χ2n) is 9.99. The minimum atomic E-state index is -0.558. The molecule has 0 aliphatic carbocycles. The maximum atomic E-state index is 15.2. The van der Waals surface area contributed by atoms with Gasteiger partial charge >= 0.3 is 0 Å². The Kier molecular flexibility index (Phi) is 7.43. The number of ether oxygens (including phenoxy) is 2. The van der Waals surface area contributed by atoms with Crippen molar-refractivity contribution in [3.8, 4) is 34.0 Å². The van der Waals surface area contributed by atoms with Gasteiger partial charge in [-0.1, -0.05) is 35.9 Å². The Morgan fingerprint density at radius 1 is 1.19 bits per heavy atom. The Hall–Kier alpha value is -5.00. The van der Waals surface area contributed by atoms with Gasteiger partial charge in [0.2, 0.25) is 0 Å². The zero-order valence-corrected chi connectivity index (χ0v) is 23.9. The lowest BCUT2D eigenvalue weighted by Crippen LogP contribution is -2.25. The van der Waals surface area contributed by atoms with Crippen LogP contribution >= 0.6 is 11.6 Å². The molecule has 12 heteroatoms. The van der Waals surface area contributed by atoms with Crippen LogP contribution in [0.1, 0.15) is 16.1 Å². The number of benzene rings is 3. The van der Waals surface area contributed by atoms with E-state index in [0.29, 0.717) is 40.0 Å². The van der Waals surface area contributed by atoms with Gasteiger partial charge in [-0.2, -0.15) is 0 Å². The SMILES string of the molecule is Cc1c(C(=O)Nc2ccc(-c3nc(-c4cccc(OCC5CO5)c4F)cnc3N)cc2)c(=O)n(-c2cccc(Cl)c2)n1C. The van der Waals surface area contributed by atoms with Crippen molar-refractivity contribution in [1.29, 1.82) is 0 Å². The van der Waals surface area contributed by atoms with Gasteiger partial charge in [-0.25, -0.2) is 19.0 Å². The summed E-state index contributed by atoms with van der Waals surface area (Å²) in [4.78, 5) is 35.3. The first-order valence-corrected chi connectivity index (χ1v) is 13.7. The molecule has 0 saturated carbocycles. The van der Waals surface area contributed by atoms with Crippen LogP contribution in [0.25, 0.3) is 28.2 Å². The molecule has 43 heavy (non-hydrogen) atoms. The number of nitrogens with two attached hydrogens (primary N) is 1. The highest BCUT2D eigenvalue weighted by Gasteiger charge is 2.25. The Morgan fingerprint density at radius 2 is 1.93 bits per heavy atom. The number of hydrogen-bond acceptors (Lipinski definition) is 7. The number of anilines is 2. The number of halogens is 2. The van der Waals surface area contributed by atoms with Crippen LogP contribution in [-0.4, -0.2) is 44.6 Å². The monoisotopic (exact) mass is 600 g/mol. The Labute approximate surface area is 250 Å². The van der Waals surface area contributed by atoms with Gasteiger partial charge in [0.1, 0.15) is 29.8 Å². The summed E-state index contributed by atoms with van der Waals surface area (Å²) >= 11 is 6.11. The van der Waals surface area contributed by atoms with E-state index in [2.05, 4.69) is 15.3 Å². The molecule has 1 aliphatic heterocycles. The van der Waals surface area contributed by atoms with Crippen LogP contribution in [0.15, 0.2) is 77.7 Å². The fraction of sp³-hybridized carbons (Fsp3) is 0.161. The summed E-state index contributed by atoms with van der Waals surface area (Å²) in [6.07, 6.45) is 1.39. The lowest BCUT2D eigenvalue weighted by Gasteiger charge is -2.11. The minimum Gasteiger partial charge on any atom is -0.488 e. The first-order valence-electron chi connectivity index (χ1n) is 13.3. The number of carbonyl (C=O) groups excluding carboxylic acids is 1. The number of rotatable bonds is 8. The van der Waals surface area contributed by atoms with Crippen molar-refractivity contribution < 1.29 is 18.7 Å². The molecule has 3 aromatic carbocycles. The number of epoxide rings is 1. The molecular weight excluding hydrogens is 575 g/mol. The molecule has 1 saturated heterocycles. The highest BCUT2D eigenvalue weighted by molar-refractivity contribution is 6.30. The van der Waals surface area contributed by atoms with Gasteiger partial charge in [0.15, 0.2) is 11.6 Å². The minimum absolute atomic E-state index is 0.00672. The fourth-order valence-electron chi connectivity index (χ4n) is 4.68. The maximum Gasteiger partial charge on any atom is 0.284 e. The Bertz CT molecular complexity index is 1920. The summed E-state index contributed by atoms with van der Waals surface area (Å²) in [7, 11) is 1.70. The summed E-state index contributed by atoms with van der Waals surface area (Å²) < 4.78 is 28.9. The van der Waals surface area contributed by atoms with Gasteiger partial charge in [-0.05, 0) is 49.4 Å². The third-order valence-electron chi connectivity index (χ3n) is 7.12. The lowest BCUT2D eigenvalue weighted by atomic mass is 10.1. The molecule has 0 bridgehead atoms. The molecule has 3 N–H and O–H groups in total. The van der Waals surface area contributed by atoms with Crippen LogP contribution in [-0.2, 0) is 11.8 Å². The quantitative estimate of drug-likeness (QED) is 0.239. The molecule has 1 amide bonds. The number of nitrogens with zero attached hydrogens (tertiary/aromatic N) is 4. The van der Waals surface area contributed by atoms with E-state index in [-0.39, 0.29) is 41.1 Å². The predicted molar refractivity (Wildman–Crippen MR) is 161 cm³/mol. The number of nitrogen functional groups attached to an aromatic ring is 1. The number of amides is 1. The molecular formula is C31H26ClFN6O4. The normalized spacial score (nSPS) is 14.0. The van der Waals surface area contributed by atoms with Crippen LogP contribution in [0, 0.1) is 12.7 Å². The first kappa shape index (κ1) is 28.1. The summed E-state index contributed by atoms with van der Waals surface area (Å²) in [6, 6.07) is 18.3. The van der Waals surface area contributed by atoms with Crippen molar-refractivity contribution in [2.75, 3.05) is 24.3 Å². The van der Waals surface area contributed by atoms with E-state index in [0.717, 1.165) is 0 Å². The summed E-state index contributed by atoms with van der Waals surface area (Å²) in [5.74, 6) is -0.863. The van der Waals surface area contributed by atoms with Gasteiger partial charge in [0.05, 0.1) is 29.9 Å². The van der Waals surface area contributed by atoms with Crippen LogP contribution in [0.4, 0.5) is 15.9 Å². The van der Waals surface area contributed by atoms with E-state index in [1.54, 1.807) is 85.4 Å². The second kappa shape index (κ2) is 11.3. The van der Waals surface area contributed by atoms with Crippen LogP contribution in [0.5, 0.6) is 5.75 Å². The first-order chi connectivity index (χ1) is 20.7. The Morgan fingerprint density at radius 3 is 2.65 bits per heavy atom. The van der Waals surface area contributed by atoms with Gasteiger partial charge in [0, 0.05) is 28.9 Å². The van der Waals surface area contributed by atoms with Crippen molar-refractivity contribution >= 4 is 29.0 Å². The number of nitrogens with one attached hydrogen (secondary N) is 1. The molecule has 3 heterocycles. The molecule has 218 valence electrons. The van der Waals surface area contributed by atoms with E-state index in [1.807, 2.05) is 0 Å². The molecule has 0 spiro atoms. The van der Waals surface area contributed by atoms with Gasteiger partial charge < -0.3 is 20.5 Å². The van der Waals surface area contributed by atoms with Gasteiger partial charge in [-0.3, -0.25) is 14.3 Å². The van der Waals surface area contributed by atoms with E-state index in [4.69, 9.17) is 26.8 Å². The van der Waals surface area contributed by atoms with Crippen LogP contribution in [0.3, 0.4) is 0 Å². The molecule has 1 atom stereocenters. The summed E-state index contributed by atoms with van der Waals surface area (Å²) in [5.41, 5.74) is 8.58. The highest BCUT2D eigenvalue weighted by atomic mass is 35.5. The molecule has 1 unspecified atom stereocenters. The Balaban J connectivity index is 1.24. The molecule has 1 aliphatic rings. The van der Waals surface area contributed by atoms with Crippen LogP contribution in [0.2, 0.25) is 5.02 Å². The highest BCUT2D eigenvalue weighted by Crippen LogP contribution is 2.32. The predicted octanol–water partition coefficient (Wildman–Crippen LogP) is 5.01. The van der Waals surface area contributed by atoms with Crippen molar-refractivity contribution in [1.82, 2.24) is 19.3 Å². The van der Waals surface area contributed by atoms with E-state index < -0.39 is 17.3 Å². The second-order valence-corrected chi connectivity index (χ2v) is 10.4. The molecule has 10 nitrogen and oxygen atoms in total. The molecule has 5 aromatic rings. The van der Waals surface area contributed by atoms with E-state index >= 15 is 4.39 Å². The smallest absolute Gasteiger partial charge is 0.284 e. The number of hydrogen-bond donors (Lipinski definition) is 2. The van der Waals surface area contributed by atoms with Crippen molar-refractivity contribution in [2.24, 2.45) is 7.05 Å². The lowest BCUT2D eigenvalue weighted by molar-refractivity contribution is 0.102. The van der Waals surface area contributed by atoms with Crippen molar-refractivity contribution in [3.05, 3.63) is 105 Å². The zero-order valence-electron chi connectivity index (χ0n) is 23.2. The average molecular weight is 601 g/mol. The standard InChI is InChI=1S/C31H26ClFN6O4/c1-17-26(31(41)39(38(17)2)21-6-3-5-19(32)13-21)30(40)36-20-11-9-18(10-12-20)28-29(34)35-14-24(37-28)23-7-4-8-25(27(23)33)43-16-22-15-42-22/h3-14,22H,15-16H2,1-2H3,(H2,34,35)(H,36,40). The van der Waals surface area contributed by atoms with Crippen molar-refractivity contribution in [2.45, 2.75) is 13.0 Å². The molecule has 6 rings (SSSR count). The van der Waals surface area contributed by atoms with Crippen molar-refractivity contribution in [3.63, 3.8) is 0 Å². The summed E-state index contributed by atoms with van der Waals surface area (Å²) in [6.45, 7) is 2.57. The maximum absolute atomic E-state index is 15.2. The van der Waals surface area contributed by atoms with Crippen LogP contribution < -0.4 is 21.3 Å². The number of aromatic nitrogens is 4. The fourth-order valence-corrected chi connectivity index (χ4v) is 4.87. The number of carbonyl (C=O) groups is 1. The third-order valence-corrected chi connectivity index (χ3v) is 7.35. The molecule has 2 aromatic heterocycles. The topological polar surface area (TPSA) is 130 Å². The molecule has 1 fully saturated rings. The largest absolute Gasteiger partial charge is 0.488 e. The van der Waals surface area contributed by atoms with Gasteiger partial charge in [0.25, 0.3) is 11.5 Å². The zero-order chi connectivity index (χ0) is 30.2. The third kappa shape index (κ3) is 5.60. The van der Waals surface area contributed by atoms with E-state index in [1.165, 1.54) is 10.9 Å². The summed E-state index contributed by atoms with van der Waals surface area (Å²) in [5, 5.41) is 3.25. The van der Waals surface area contributed by atoms with E-state index in [9.17, 15) is 9.59 Å².